The van der Waals surface area contributed by atoms with E-state index in [1.165, 1.54) is 0 Å². The van der Waals surface area contributed by atoms with Gasteiger partial charge in [-0.15, -0.1) is 0 Å². The predicted molar refractivity (Wildman–Crippen MR) is 130 cm³/mol. The van der Waals surface area contributed by atoms with Gasteiger partial charge in [-0.25, -0.2) is 4.98 Å². The monoisotopic (exact) mass is 436 g/mol. The quantitative estimate of drug-likeness (QED) is 0.306. The van der Waals surface area contributed by atoms with Crippen molar-refractivity contribution in [1.29, 1.82) is 5.26 Å². The van der Waals surface area contributed by atoms with E-state index in [9.17, 15) is 5.26 Å². The minimum Gasteiger partial charge on any atom is -0.296 e. The maximum absolute atomic E-state index is 9.46. The Labute approximate surface area is 191 Å². The molecule has 5 rings (SSSR count). The van der Waals surface area contributed by atoms with Crippen LogP contribution in [0.3, 0.4) is 0 Å². The Hall–Kier alpha value is -3.68. The number of benzene rings is 3. The van der Waals surface area contributed by atoms with Gasteiger partial charge in [0.05, 0.1) is 28.7 Å². The lowest BCUT2D eigenvalue weighted by Crippen LogP contribution is -2.13. The Kier molecular flexibility index (Phi) is 4.73. The average Bonchev–Trinajstić information content (AvgIpc) is 3.15. The van der Waals surface area contributed by atoms with Crippen LogP contribution in [0.1, 0.15) is 25.2 Å². The molecule has 3 aromatic carbocycles. The smallest absolute Gasteiger partial charge is 0.111 e. The zero-order valence-corrected chi connectivity index (χ0v) is 18.9. The summed E-state index contributed by atoms with van der Waals surface area (Å²) in [5.74, 6) is 0.887. The molecule has 5 heteroatoms. The minimum atomic E-state index is -0.533. The van der Waals surface area contributed by atoms with Crippen LogP contribution in [0.2, 0.25) is 5.02 Å². The molecule has 0 N–H and O–H groups in total. The molecular weight excluding hydrogens is 416 g/mol. The number of hydrogen-bond acceptors (Lipinski definition) is 3. The van der Waals surface area contributed by atoms with E-state index >= 15 is 0 Å². The first kappa shape index (κ1) is 20.2. The largest absolute Gasteiger partial charge is 0.296 e. The van der Waals surface area contributed by atoms with Crippen molar-refractivity contribution in [2.75, 3.05) is 0 Å². The summed E-state index contributed by atoms with van der Waals surface area (Å²) in [7, 11) is 0. The summed E-state index contributed by atoms with van der Waals surface area (Å²) in [6, 6.07) is 24.7. The summed E-state index contributed by atoms with van der Waals surface area (Å²) in [5.41, 5.74) is 6.45. The second kappa shape index (κ2) is 7.47. The highest BCUT2D eigenvalue weighted by atomic mass is 35.5. The van der Waals surface area contributed by atoms with Crippen molar-refractivity contribution in [2.24, 2.45) is 0 Å². The first-order valence-corrected chi connectivity index (χ1v) is 10.8. The normalized spacial score (nSPS) is 11.7. The topological polar surface area (TPSA) is 54.5 Å². The van der Waals surface area contributed by atoms with E-state index in [0.717, 1.165) is 55.2 Å². The van der Waals surface area contributed by atoms with Crippen LogP contribution in [0.15, 0.2) is 72.9 Å². The number of nitrogens with zero attached hydrogens (tertiary/aromatic N) is 4. The molecule has 2 heterocycles. The van der Waals surface area contributed by atoms with Crippen LogP contribution in [0.4, 0.5) is 0 Å². The van der Waals surface area contributed by atoms with E-state index in [-0.39, 0.29) is 0 Å². The van der Waals surface area contributed by atoms with Gasteiger partial charge in [-0.2, -0.15) is 5.26 Å². The molecule has 0 spiro atoms. The number of fused-ring (bicyclic) bond motifs is 3. The van der Waals surface area contributed by atoms with Crippen molar-refractivity contribution < 1.29 is 0 Å². The number of rotatable bonds is 3. The lowest BCUT2D eigenvalue weighted by molar-refractivity contribution is 0.686. The van der Waals surface area contributed by atoms with E-state index < -0.39 is 5.41 Å². The molecule has 2 aromatic heterocycles. The molecule has 0 aliphatic rings. The maximum atomic E-state index is 9.46. The molecule has 0 unspecified atom stereocenters. The molecule has 0 amide bonds. The van der Waals surface area contributed by atoms with Gasteiger partial charge >= 0.3 is 0 Å². The zero-order chi connectivity index (χ0) is 22.5. The first-order valence-electron chi connectivity index (χ1n) is 10.4. The van der Waals surface area contributed by atoms with Crippen molar-refractivity contribution in [3.05, 3.63) is 89.3 Å². The van der Waals surface area contributed by atoms with Gasteiger partial charge in [0.25, 0.3) is 0 Å². The first-order chi connectivity index (χ1) is 15.4. The van der Waals surface area contributed by atoms with Crippen LogP contribution in [0.25, 0.3) is 38.8 Å². The Morgan fingerprint density at radius 3 is 2.28 bits per heavy atom. The van der Waals surface area contributed by atoms with Gasteiger partial charge in [0.2, 0.25) is 0 Å². The van der Waals surface area contributed by atoms with Crippen LogP contribution in [0, 0.1) is 18.3 Å². The Balaban J connectivity index is 1.73. The molecule has 4 nitrogen and oxygen atoms in total. The summed E-state index contributed by atoms with van der Waals surface area (Å²) in [6.45, 7) is 5.86. The van der Waals surface area contributed by atoms with Gasteiger partial charge in [0.15, 0.2) is 0 Å². The Bertz CT molecular complexity index is 1500. The van der Waals surface area contributed by atoms with Crippen molar-refractivity contribution >= 4 is 33.5 Å². The fraction of sp³-hybridized carbons (Fsp3) is 0.148. The van der Waals surface area contributed by atoms with E-state index in [0.29, 0.717) is 0 Å². The standard InChI is InChI=1S/C27H21ClN4/c1-17-31-25-15-30-24-13-6-19(18-4-9-21(28)10-5-18)14-23(24)26(25)32(17)22-11-7-20(8-12-22)27(2,3)16-29/h4-15H,1-3H3. The lowest BCUT2D eigenvalue weighted by atomic mass is 9.86. The van der Waals surface area contributed by atoms with Gasteiger partial charge in [0, 0.05) is 16.1 Å². The third-order valence-corrected chi connectivity index (χ3v) is 6.21. The van der Waals surface area contributed by atoms with Crippen molar-refractivity contribution in [1.82, 2.24) is 14.5 Å². The number of halogens is 1. The van der Waals surface area contributed by atoms with E-state index in [2.05, 4.69) is 39.9 Å². The Morgan fingerprint density at radius 2 is 1.59 bits per heavy atom. The SMILES string of the molecule is Cc1nc2cnc3ccc(-c4ccc(Cl)cc4)cc3c2n1-c1ccc(C(C)(C)C#N)cc1. The summed E-state index contributed by atoms with van der Waals surface area (Å²) in [4.78, 5) is 9.40. The van der Waals surface area contributed by atoms with Crippen LogP contribution in [0.5, 0.6) is 0 Å². The molecule has 0 saturated heterocycles. The van der Waals surface area contributed by atoms with Gasteiger partial charge in [-0.05, 0) is 73.9 Å². The number of imidazole rings is 1. The molecule has 5 aromatic rings. The number of pyridine rings is 1. The molecule has 0 bridgehead atoms. The zero-order valence-electron chi connectivity index (χ0n) is 18.1. The van der Waals surface area contributed by atoms with Crippen LogP contribution >= 0.6 is 11.6 Å². The molecule has 0 atom stereocenters. The second-order valence-corrected chi connectivity index (χ2v) is 8.95. The molecule has 156 valence electrons. The number of aromatic nitrogens is 3. The van der Waals surface area contributed by atoms with Crippen LogP contribution in [-0.4, -0.2) is 14.5 Å². The fourth-order valence-corrected chi connectivity index (χ4v) is 4.23. The highest BCUT2D eigenvalue weighted by molar-refractivity contribution is 6.30. The molecule has 0 saturated carbocycles. The molecule has 0 aliphatic carbocycles. The number of nitriles is 1. The van der Waals surface area contributed by atoms with Crippen molar-refractivity contribution in [3.8, 4) is 22.9 Å². The predicted octanol–water partition coefficient (Wildman–Crippen LogP) is 7.00. The van der Waals surface area contributed by atoms with Crippen LogP contribution in [-0.2, 0) is 5.41 Å². The van der Waals surface area contributed by atoms with Gasteiger partial charge in [-0.3, -0.25) is 9.55 Å². The van der Waals surface area contributed by atoms with Crippen molar-refractivity contribution in [2.45, 2.75) is 26.2 Å². The molecule has 0 fully saturated rings. The van der Waals surface area contributed by atoms with Gasteiger partial charge in [-0.1, -0.05) is 41.9 Å². The summed E-state index contributed by atoms with van der Waals surface area (Å²) >= 11 is 6.07. The highest BCUT2D eigenvalue weighted by Crippen LogP contribution is 2.32. The molecule has 0 aliphatic heterocycles. The van der Waals surface area contributed by atoms with Crippen molar-refractivity contribution in [3.63, 3.8) is 0 Å². The van der Waals surface area contributed by atoms with Crippen LogP contribution < -0.4 is 0 Å². The van der Waals surface area contributed by atoms with Gasteiger partial charge in [0.1, 0.15) is 11.3 Å². The lowest BCUT2D eigenvalue weighted by Gasteiger charge is -2.17. The second-order valence-electron chi connectivity index (χ2n) is 8.51. The summed E-state index contributed by atoms with van der Waals surface area (Å²) in [5, 5.41) is 11.2. The molecular formula is C27H21ClN4. The third kappa shape index (κ3) is 3.32. The van der Waals surface area contributed by atoms with E-state index in [1.807, 2.05) is 69.4 Å². The van der Waals surface area contributed by atoms with Gasteiger partial charge < -0.3 is 0 Å². The summed E-state index contributed by atoms with van der Waals surface area (Å²) < 4.78 is 2.16. The van der Waals surface area contributed by atoms with E-state index in [1.54, 1.807) is 0 Å². The third-order valence-electron chi connectivity index (χ3n) is 5.95. The summed E-state index contributed by atoms with van der Waals surface area (Å²) in [6.07, 6.45) is 1.83. The maximum Gasteiger partial charge on any atom is 0.111 e. The Morgan fingerprint density at radius 1 is 0.906 bits per heavy atom. The minimum absolute atomic E-state index is 0.533. The molecule has 32 heavy (non-hydrogen) atoms. The highest BCUT2D eigenvalue weighted by Gasteiger charge is 2.20. The average molecular weight is 437 g/mol. The molecule has 0 radical (unpaired) electrons. The fourth-order valence-electron chi connectivity index (χ4n) is 4.10. The number of hydrogen-bond donors (Lipinski definition) is 0. The number of aryl methyl sites for hydroxylation is 1. The van der Waals surface area contributed by atoms with E-state index in [4.69, 9.17) is 16.6 Å².